The number of hydrogen-bond acceptors (Lipinski definition) is 4. The highest BCUT2D eigenvalue weighted by Crippen LogP contribution is 2.32. The lowest BCUT2D eigenvalue weighted by atomic mass is 10.2. The third-order valence-corrected chi connectivity index (χ3v) is 3.64. The van der Waals surface area contributed by atoms with Gasteiger partial charge in [-0.25, -0.2) is 0 Å². The van der Waals surface area contributed by atoms with Crippen molar-refractivity contribution >= 4 is 5.91 Å². The molecule has 5 nitrogen and oxygen atoms in total. The first-order valence-corrected chi connectivity index (χ1v) is 7.48. The van der Waals surface area contributed by atoms with E-state index >= 15 is 0 Å². The fourth-order valence-electron chi connectivity index (χ4n) is 2.47. The van der Waals surface area contributed by atoms with Crippen molar-refractivity contribution < 1.29 is 19.4 Å². The van der Waals surface area contributed by atoms with Gasteiger partial charge in [-0.15, -0.1) is 0 Å². The number of nitrogens with one attached hydrogen (secondary N) is 1. The summed E-state index contributed by atoms with van der Waals surface area (Å²) < 4.78 is 11.3. The van der Waals surface area contributed by atoms with E-state index in [0.717, 1.165) is 12.8 Å². The van der Waals surface area contributed by atoms with E-state index in [2.05, 4.69) is 5.32 Å². The highest BCUT2D eigenvalue weighted by molar-refractivity contribution is 5.94. The minimum Gasteiger partial charge on any atom is -0.493 e. The van der Waals surface area contributed by atoms with Crippen LogP contribution >= 0.6 is 0 Å². The summed E-state index contributed by atoms with van der Waals surface area (Å²) in [7, 11) is 1.57. The maximum atomic E-state index is 12.0. The second kappa shape index (κ2) is 7.88. The Hall–Kier alpha value is -1.75. The third kappa shape index (κ3) is 4.36. The zero-order valence-electron chi connectivity index (χ0n) is 12.4. The maximum Gasteiger partial charge on any atom is 0.251 e. The smallest absolute Gasteiger partial charge is 0.251 e. The summed E-state index contributed by atoms with van der Waals surface area (Å²) in [5.41, 5.74) is 0.531. The van der Waals surface area contributed by atoms with Crippen molar-refractivity contribution in [2.75, 3.05) is 20.3 Å². The highest BCUT2D eigenvalue weighted by Gasteiger charge is 2.19. The first kappa shape index (κ1) is 15.6. The van der Waals surface area contributed by atoms with Crippen molar-refractivity contribution in [3.05, 3.63) is 23.8 Å². The Bertz CT molecular complexity index is 469. The molecule has 2 N–H and O–H groups in total. The molecular weight excluding hydrogens is 270 g/mol. The molecule has 0 atom stereocenters. The molecule has 1 aliphatic rings. The topological polar surface area (TPSA) is 67.8 Å². The predicted octanol–water partition coefficient (Wildman–Crippen LogP) is 2.13. The standard InChI is InChI=1S/C16H23NO4/c1-20-15-11-12(16(19)17-9-4-10-18)7-8-14(15)21-13-5-2-3-6-13/h7-8,11,13,18H,2-6,9-10H2,1H3,(H,17,19). The zero-order chi connectivity index (χ0) is 15.1. The fourth-order valence-corrected chi connectivity index (χ4v) is 2.47. The molecule has 0 saturated heterocycles. The van der Waals surface area contributed by atoms with Gasteiger partial charge in [0.15, 0.2) is 11.5 Å². The normalized spacial score (nSPS) is 15.0. The van der Waals surface area contributed by atoms with Gasteiger partial charge >= 0.3 is 0 Å². The number of aliphatic hydroxyl groups excluding tert-OH is 1. The van der Waals surface area contributed by atoms with E-state index in [1.54, 1.807) is 25.3 Å². The molecule has 0 aromatic heterocycles. The molecule has 0 spiro atoms. The van der Waals surface area contributed by atoms with Crippen LogP contribution in [0.25, 0.3) is 0 Å². The van der Waals surface area contributed by atoms with Crippen LogP contribution < -0.4 is 14.8 Å². The minimum atomic E-state index is -0.172. The van der Waals surface area contributed by atoms with Crippen molar-refractivity contribution in [1.82, 2.24) is 5.32 Å². The van der Waals surface area contributed by atoms with Gasteiger partial charge in [-0.1, -0.05) is 0 Å². The fraction of sp³-hybridized carbons (Fsp3) is 0.562. The summed E-state index contributed by atoms with van der Waals surface area (Å²) in [6.07, 6.45) is 5.37. The van der Waals surface area contributed by atoms with Crippen LogP contribution in [-0.4, -0.2) is 37.4 Å². The molecule has 1 aromatic rings. The van der Waals surface area contributed by atoms with Crippen molar-refractivity contribution in [3.63, 3.8) is 0 Å². The highest BCUT2D eigenvalue weighted by atomic mass is 16.5. The number of hydrogen-bond donors (Lipinski definition) is 2. The van der Waals surface area contributed by atoms with Crippen molar-refractivity contribution in [2.45, 2.75) is 38.2 Å². The molecular formula is C16H23NO4. The van der Waals surface area contributed by atoms with Crippen LogP contribution in [0.1, 0.15) is 42.5 Å². The Kier molecular flexibility index (Phi) is 5.87. The number of benzene rings is 1. The Morgan fingerprint density at radius 1 is 1.33 bits per heavy atom. The molecule has 1 amide bonds. The molecule has 0 heterocycles. The molecule has 1 fully saturated rings. The predicted molar refractivity (Wildman–Crippen MR) is 79.9 cm³/mol. The number of ether oxygens (including phenoxy) is 2. The summed E-state index contributed by atoms with van der Waals surface area (Å²) >= 11 is 0. The van der Waals surface area contributed by atoms with Gasteiger partial charge in [0.1, 0.15) is 0 Å². The SMILES string of the molecule is COc1cc(C(=O)NCCCO)ccc1OC1CCCC1. The van der Waals surface area contributed by atoms with Crippen LogP contribution in [0.3, 0.4) is 0 Å². The second-order valence-electron chi connectivity index (χ2n) is 5.22. The molecule has 1 aliphatic carbocycles. The number of aliphatic hydroxyl groups is 1. The summed E-state index contributed by atoms with van der Waals surface area (Å²) in [5.74, 6) is 1.10. The first-order chi connectivity index (χ1) is 10.2. The van der Waals surface area contributed by atoms with E-state index < -0.39 is 0 Å². The summed E-state index contributed by atoms with van der Waals surface area (Å²) in [6.45, 7) is 0.524. The van der Waals surface area contributed by atoms with Crippen LogP contribution in [0.2, 0.25) is 0 Å². The van der Waals surface area contributed by atoms with E-state index in [0.29, 0.717) is 30.0 Å². The third-order valence-electron chi connectivity index (χ3n) is 3.64. The van der Waals surface area contributed by atoms with Crippen LogP contribution in [0.4, 0.5) is 0 Å². The number of methoxy groups -OCH3 is 1. The number of carbonyl (C=O) groups is 1. The van der Waals surface area contributed by atoms with Crippen LogP contribution in [0.5, 0.6) is 11.5 Å². The lowest BCUT2D eigenvalue weighted by molar-refractivity contribution is 0.0950. The van der Waals surface area contributed by atoms with E-state index in [4.69, 9.17) is 14.6 Å². The molecule has 1 aromatic carbocycles. The van der Waals surface area contributed by atoms with E-state index in [1.807, 2.05) is 0 Å². The average molecular weight is 293 g/mol. The Morgan fingerprint density at radius 3 is 2.76 bits per heavy atom. The second-order valence-corrected chi connectivity index (χ2v) is 5.22. The molecule has 0 aliphatic heterocycles. The van der Waals surface area contributed by atoms with Crippen molar-refractivity contribution in [2.24, 2.45) is 0 Å². The molecule has 0 bridgehead atoms. The molecule has 0 unspecified atom stereocenters. The maximum absolute atomic E-state index is 12.0. The number of amides is 1. The van der Waals surface area contributed by atoms with Gasteiger partial charge in [0.25, 0.3) is 5.91 Å². The Morgan fingerprint density at radius 2 is 2.10 bits per heavy atom. The molecule has 0 radical (unpaired) electrons. The zero-order valence-corrected chi connectivity index (χ0v) is 12.4. The molecule has 2 rings (SSSR count). The van der Waals surface area contributed by atoms with Crippen molar-refractivity contribution in [1.29, 1.82) is 0 Å². The molecule has 116 valence electrons. The van der Waals surface area contributed by atoms with E-state index in [1.165, 1.54) is 12.8 Å². The monoisotopic (exact) mass is 293 g/mol. The quantitative estimate of drug-likeness (QED) is 0.756. The van der Waals surface area contributed by atoms with E-state index in [-0.39, 0.29) is 18.6 Å². The van der Waals surface area contributed by atoms with Gasteiger partial charge in [-0.3, -0.25) is 4.79 Å². The molecule has 21 heavy (non-hydrogen) atoms. The molecule has 5 heteroatoms. The average Bonchev–Trinajstić information content (AvgIpc) is 3.00. The number of rotatable bonds is 7. The Balaban J connectivity index is 2.02. The van der Waals surface area contributed by atoms with Crippen LogP contribution in [-0.2, 0) is 0 Å². The largest absolute Gasteiger partial charge is 0.493 e. The Labute approximate surface area is 125 Å². The first-order valence-electron chi connectivity index (χ1n) is 7.48. The lowest BCUT2D eigenvalue weighted by Gasteiger charge is -2.16. The van der Waals surface area contributed by atoms with Gasteiger partial charge in [-0.2, -0.15) is 0 Å². The minimum absolute atomic E-state index is 0.0672. The van der Waals surface area contributed by atoms with Gasteiger partial charge < -0.3 is 19.9 Å². The van der Waals surface area contributed by atoms with Crippen LogP contribution in [0, 0.1) is 0 Å². The lowest BCUT2D eigenvalue weighted by Crippen LogP contribution is -2.25. The van der Waals surface area contributed by atoms with Gasteiger partial charge in [0.2, 0.25) is 0 Å². The molecule has 1 saturated carbocycles. The summed E-state index contributed by atoms with van der Waals surface area (Å²) in [4.78, 5) is 12.0. The van der Waals surface area contributed by atoms with Crippen LogP contribution in [0.15, 0.2) is 18.2 Å². The summed E-state index contributed by atoms with van der Waals surface area (Å²) in [6, 6.07) is 5.22. The van der Waals surface area contributed by atoms with Gasteiger partial charge in [0, 0.05) is 18.7 Å². The summed E-state index contributed by atoms with van der Waals surface area (Å²) in [5, 5.41) is 11.5. The number of carbonyl (C=O) groups excluding carboxylic acids is 1. The van der Waals surface area contributed by atoms with Gasteiger partial charge in [-0.05, 0) is 50.3 Å². The van der Waals surface area contributed by atoms with E-state index in [9.17, 15) is 4.79 Å². The van der Waals surface area contributed by atoms with Gasteiger partial charge in [0.05, 0.1) is 13.2 Å². The van der Waals surface area contributed by atoms with Crippen molar-refractivity contribution in [3.8, 4) is 11.5 Å².